The lowest BCUT2D eigenvalue weighted by atomic mass is 10.2. The lowest BCUT2D eigenvalue weighted by Gasteiger charge is -2.23. The van der Waals surface area contributed by atoms with E-state index in [2.05, 4.69) is 10.3 Å². The number of rotatable bonds is 5. The number of aromatic nitrogens is 1. The summed E-state index contributed by atoms with van der Waals surface area (Å²) in [5.41, 5.74) is 1.44. The van der Waals surface area contributed by atoms with E-state index in [-0.39, 0.29) is 21.5 Å². The molecule has 1 aromatic heterocycles. The molecule has 12 heteroatoms. The number of nitrogens with zero attached hydrogens (tertiary/aromatic N) is 2. The molecule has 2 aromatic carbocycles. The summed E-state index contributed by atoms with van der Waals surface area (Å²) in [6, 6.07) is 9.90. The molecule has 164 valence electrons. The van der Waals surface area contributed by atoms with Gasteiger partial charge in [0.05, 0.1) is 20.0 Å². The summed E-state index contributed by atoms with van der Waals surface area (Å²) in [5.74, 6) is -0.473. The highest BCUT2D eigenvalue weighted by atomic mass is 32.2. The lowest BCUT2D eigenvalue weighted by Crippen LogP contribution is -2.43. The van der Waals surface area contributed by atoms with Gasteiger partial charge in [-0.15, -0.1) is 0 Å². The zero-order valence-corrected chi connectivity index (χ0v) is 18.9. The molecule has 0 spiro atoms. The Bertz CT molecular complexity index is 1370. The molecule has 0 bridgehead atoms. The molecule has 2 heterocycles. The molecule has 1 amide bonds. The molecule has 1 aliphatic rings. The van der Waals surface area contributed by atoms with Crippen LogP contribution in [0.5, 0.6) is 0 Å². The van der Waals surface area contributed by atoms with Crippen LogP contribution in [-0.2, 0) is 24.8 Å². The van der Waals surface area contributed by atoms with Crippen molar-refractivity contribution in [3.63, 3.8) is 0 Å². The van der Waals surface area contributed by atoms with Crippen LogP contribution in [0.4, 0.5) is 5.13 Å². The van der Waals surface area contributed by atoms with Crippen LogP contribution in [0.1, 0.15) is 18.4 Å². The van der Waals surface area contributed by atoms with Crippen molar-refractivity contribution in [2.45, 2.75) is 35.6 Å². The van der Waals surface area contributed by atoms with Gasteiger partial charge in [-0.2, -0.15) is 4.31 Å². The number of aryl methyl sites for hydroxylation is 1. The first-order chi connectivity index (χ1) is 14.6. The molecule has 31 heavy (non-hydrogen) atoms. The van der Waals surface area contributed by atoms with Crippen molar-refractivity contribution in [3.05, 3.63) is 48.0 Å². The van der Waals surface area contributed by atoms with Gasteiger partial charge in [0.25, 0.3) is 0 Å². The molecule has 4 rings (SSSR count). The number of benzene rings is 2. The van der Waals surface area contributed by atoms with Gasteiger partial charge in [0.15, 0.2) is 5.13 Å². The van der Waals surface area contributed by atoms with Gasteiger partial charge in [-0.25, -0.2) is 27.0 Å². The maximum absolute atomic E-state index is 13.0. The van der Waals surface area contributed by atoms with E-state index in [1.165, 1.54) is 34.6 Å². The van der Waals surface area contributed by atoms with E-state index >= 15 is 0 Å². The molecule has 0 saturated carbocycles. The van der Waals surface area contributed by atoms with E-state index in [9.17, 15) is 21.6 Å². The van der Waals surface area contributed by atoms with Crippen molar-refractivity contribution in [2.24, 2.45) is 5.14 Å². The zero-order valence-electron chi connectivity index (χ0n) is 16.5. The standard InChI is InChI=1S/C19H20N4O5S3/c1-12-4-6-13(7-5-12)31(27,28)23-10-2-3-16(23)18(24)22-19-21-15-9-8-14(30(20,25)26)11-17(15)29-19/h4-9,11,16H,2-3,10H2,1H3,(H2,20,25,26)(H,21,22,24). The fourth-order valence-electron chi connectivity index (χ4n) is 3.46. The number of fused-ring (bicyclic) bond motifs is 1. The predicted molar refractivity (Wildman–Crippen MR) is 118 cm³/mol. The molecule has 1 saturated heterocycles. The number of sulfonamides is 2. The summed E-state index contributed by atoms with van der Waals surface area (Å²) in [6.07, 6.45) is 0.970. The Morgan fingerprint density at radius 3 is 2.48 bits per heavy atom. The molecule has 1 aliphatic heterocycles. The summed E-state index contributed by atoms with van der Waals surface area (Å²) < 4.78 is 50.9. The minimum atomic E-state index is -3.86. The van der Waals surface area contributed by atoms with Gasteiger partial charge in [-0.3, -0.25) is 4.79 Å². The maximum atomic E-state index is 13.0. The third kappa shape index (κ3) is 4.34. The van der Waals surface area contributed by atoms with Crippen molar-refractivity contribution >= 4 is 52.6 Å². The Kier molecular flexibility index (Phi) is 5.60. The van der Waals surface area contributed by atoms with Crippen LogP contribution in [0.25, 0.3) is 10.2 Å². The number of primary sulfonamides is 1. The number of nitrogens with one attached hydrogen (secondary N) is 1. The van der Waals surface area contributed by atoms with Crippen molar-refractivity contribution in [1.29, 1.82) is 0 Å². The van der Waals surface area contributed by atoms with Crippen LogP contribution < -0.4 is 10.5 Å². The van der Waals surface area contributed by atoms with E-state index in [4.69, 9.17) is 5.14 Å². The van der Waals surface area contributed by atoms with E-state index in [1.807, 2.05) is 6.92 Å². The predicted octanol–water partition coefficient (Wildman–Crippen LogP) is 2.04. The normalized spacial score (nSPS) is 17.8. The highest BCUT2D eigenvalue weighted by Crippen LogP contribution is 2.30. The number of nitrogens with two attached hydrogens (primary N) is 1. The minimum Gasteiger partial charge on any atom is -0.301 e. The van der Waals surface area contributed by atoms with Crippen molar-refractivity contribution in [3.8, 4) is 0 Å². The van der Waals surface area contributed by atoms with E-state index in [0.717, 1.165) is 16.9 Å². The van der Waals surface area contributed by atoms with Gasteiger partial charge in [0, 0.05) is 6.54 Å². The van der Waals surface area contributed by atoms with Gasteiger partial charge in [-0.05, 0) is 50.1 Å². The summed E-state index contributed by atoms with van der Waals surface area (Å²) in [7, 11) is -7.67. The summed E-state index contributed by atoms with van der Waals surface area (Å²) in [6.45, 7) is 2.12. The molecular formula is C19H20N4O5S3. The Morgan fingerprint density at radius 1 is 1.13 bits per heavy atom. The fraction of sp³-hybridized carbons (Fsp3) is 0.263. The van der Waals surface area contributed by atoms with Crippen molar-refractivity contribution in [2.75, 3.05) is 11.9 Å². The Hall–Kier alpha value is -2.38. The Morgan fingerprint density at radius 2 is 1.81 bits per heavy atom. The third-order valence-electron chi connectivity index (χ3n) is 5.05. The maximum Gasteiger partial charge on any atom is 0.244 e. The fourth-order valence-corrected chi connectivity index (χ4v) is 6.64. The van der Waals surface area contributed by atoms with Gasteiger partial charge in [-0.1, -0.05) is 29.0 Å². The first kappa shape index (κ1) is 21.8. The summed E-state index contributed by atoms with van der Waals surface area (Å²) in [4.78, 5) is 17.3. The number of hydrogen-bond donors (Lipinski definition) is 2. The monoisotopic (exact) mass is 480 g/mol. The van der Waals surface area contributed by atoms with Gasteiger partial charge in [0.1, 0.15) is 6.04 Å². The topological polar surface area (TPSA) is 140 Å². The number of anilines is 1. The second kappa shape index (κ2) is 7.95. The largest absolute Gasteiger partial charge is 0.301 e. The summed E-state index contributed by atoms with van der Waals surface area (Å²) >= 11 is 1.09. The highest BCUT2D eigenvalue weighted by molar-refractivity contribution is 7.89. The van der Waals surface area contributed by atoms with Crippen LogP contribution in [0.3, 0.4) is 0 Å². The molecular weight excluding hydrogens is 460 g/mol. The van der Waals surface area contributed by atoms with Crippen molar-refractivity contribution < 1.29 is 21.6 Å². The first-order valence-corrected chi connectivity index (χ1v) is 13.2. The van der Waals surface area contributed by atoms with E-state index in [0.29, 0.717) is 23.1 Å². The SMILES string of the molecule is Cc1ccc(S(=O)(=O)N2CCCC2C(=O)Nc2nc3ccc(S(N)(=O)=O)cc3s2)cc1. The Balaban J connectivity index is 1.57. The average Bonchev–Trinajstić information content (AvgIpc) is 3.34. The number of carbonyl (C=O) groups is 1. The van der Waals surface area contributed by atoms with Gasteiger partial charge < -0.3 is 5.32 Å². The second-order valence-corrected chi connectivity index (χ2v) is 11.8. The van der Waals surface area contributed by atoms with Crippen LogP contribution in [0, 0.1) is 6.92 Å². The van der Waals surface area contributed by atoms with Crippen LogP contribution in [0.15, 0.2) is 52.3 Å². The molecule has 0 aliphatic carbocycles. The lowest BCUT2D eigenvalue weighted by molar-refractivity contribution is -0.119. The van der Waals surface area contributed by atoms with Crippen LogP contribution >= 0.6 is 11.3 Å². The summed E-state index contributed by atoms with van der Waals surface area (Å²) in [5, 5.41) is 8.09. The zero-order chi connectivity index (χ0) is 22.4. The smallest absolute Gasteiger partial charge is 0.244 e. The molecule has 3 aromatic rings. The quantitative estimate of drug-likeness (QED) is 0.573. The Labute approximate surface area is 184 Å². The number of amides is 1. The number of carbonyl (C=O) groups excluding carboxylic acids is 1. The molecule has 1 fully saturated rings. The number of thiazole rings is 1. The highest BCUT2D eigenvalue weighted by Gasteiger charge is 2.39. The number of hydrogen-bond acceptors (Lipinski definition) is 7. The van der Waals surface area contributed by atoms with Crippen LogP contribution in [0.2, 0.25) is 0 Å². The third-order valence-corrected chi connectivity index (χ3v) is 8.82. The average molecular weight is 481 g/mol. The van der Waals surface area contributed by atoms with Crippen molar-refractivity contribution in [1.82, 2.24) is 9.29 Å². The molecule has 0 radical (unpaired) electrons. The van der Waals surface area contributed by atoms with Gasteiger partial charge >= 0.3 is 0 Å². The van der Waals surface area contributed by atoms with Crippen LogP contribution in [-0.4, -0.2) is 44.6 Å². The minimum absolute atomic E-state index is 0.0484. The van der Waals surface area contributed by atoms with E-state index in [1.54, 1.807) is 12.1 Å². The molecule has 1 atom stereocenters. The molecule has 9 nitrogen and oxygen atoms in total. The molecule has 3 N–H and O–H groups in total. The second-order valence-electron chi connectivity index (χ2n) is 7.27. The van der Waals surface area contributed by atoms with Gasteiger partial charge in [0.2, 0.25) is 26.0 Å². The first-order valence-electron chi connectivity index (χ1n) is 9.38. The van der Waals surface area contributed by atoms with E-state index < -0.39 is 32.0 Å². The molecule has 1 unspecified atom stereocenters.